The van der Waals surface area contributed by atoms with Crippen molar-refractivity contribution < 1.29 is 9.53 Å². The summed E-state index contributed by atoms with van der Waals surface area (Å²) in [5.74, 6) is 0.202. The quantitative estimate of drug-likeness (QED) is 0.777. The minimum atomic E-state index is -0.505. The van der Waals surface area contributed by atoms with Gasteiger partial charge in [0.15, 0.2) is 5.78 Å². The second kappa shape index (κ2) is 5.22. The van der Waals surface area contributed by atoms with E-state index in [4.69, 9.17) is 4.74 Å². The van der Waals surface area contributed by atoms with Crippen LogP contribution in [0.1, 0.15) is 44.5 Å². The second-order valence-electron chi connectivity index (χ2n) is 4.95. The van der Waals surface area contributed by atoms with Crippen molar-refractivity contribution in [1.29, 1.82) is 0 Å². The van der Waals surface area contributed by atoms with Gasteiger partial charge in [-0.2, -0.15) is 5.10 Å². The normalized spacial score (nSPS) is 17.5. The van der Waals surface area contributed by atoms with E-state index < -0.39 is 5.60 Å². The van der Waals surface area contributed by atoms with E-state index in [1.165, 1.54) is 0 Å². The Kier molecular flexibility index (Phi) is 3.85. The minimum Gasteiger partial charge on any atom is -0.370 e. The molecule has 4 heteroatoms. The van der Waals surface area contributed by atoms with Crippen molar-refractivity contribution in [2.24, 2.45) is 0 Å². The molecule has 0 aromatic carbocycles. The molecule has 2 rings (SSSR count). The van der Waals surface area contributed by atoms with E-state index in [1.807, 2.05) is 10.7 Å². The van der Waals surface area contributed by atoms with E-state index in [9.17, 15) is 4.79 Å². The highest BCUT2D eigenvalue weighted by Crippen LogP contribution is 2.36. The molecule has 0 N–H and O–H groups in total. The highest BCUT2D eigenvalue weighted by Gasteiger charge is 2.43. The maximum absolute atomic E-state index is 12.3. The van der Waals surface area contributed by atoms with Gasteiger partial charge in [-0.25, -0.2) is 0 Å². The molecule has 0 unspecified atom stereocenters. The lowest BCUT2D eigenvalue weighted by atomic mass is 9.75. The fourth-order valence-electron chi connectivity index (χ4n) is 2.52. The van der Waals surface area contributed by atoms with Crippen molar-refractivity contribution in [3.63, 3.8) is 0 Å². The molecule has 4 nitrogen and oxygen atoms in total. The summed E-state index contributed by atoms with van der Waals surface area (Å²) in [6.07, 6.45) is 4.16. The Balaban J connectivity index is 2.13. The molecule has 18 heavy (non-hydrogen) atoms. The van der Waals surface area contributed by atoms with Crippen LogP contribution in [0.25, 0.3) is 0 Å². The maximum atomic E-state index is 12.3. The van der Waals surface area contributed by atoms with Crippen molar-refractivity contribution in [2.45, 2.75) is 58.1 Å². The zero-order chi connectivity index (χ0) is 13.2. The number of carbonyl (C=O) groups is 1. The van der Waals surface area contributed by atoms with Crippen molar-refractivity contribution in [3.8, 4) is 0 Å². The third-order valence-electron chi connectivity index (χ3n) is 3.98. The smallest absolute Gasteiger partial charge is 0.170 e. The molecule has 0 atom stereocenters. The Bertz CT molecular complexity index is 427. The van der Waals surface area contributed by atoms with Gasteiger partial charge in [0, 0.05) is 19.3 Å². The first kappa shape index (κ1) is 13.3. The number of rotatable bonds is 6. The fourth-order valence-corrected chi connectivity index (χ4v) is 2.52. The predicted molar refractivity (Wildman–Crippen MR) is 69.6 cm³/mol. The Hall–Kier alpha value is -1.16. The number of methoxy groups -OCH3 is 1. The summed E-state index contributed by atoms with van der Waals surface area (Å²) in [7, 11) is 1.64. The van der Waals surface area contributed by atoms with Crippen LogP contribution in [-0.4, -0.2) is 28.3 Å². The lowest BCUT2D eigenvalue weighted by Gasteiger charge is -2.38. The number of aryl methyl sites for hydroxylation is 2. The third kappa shape index (κ3) is 2.21. The fraction of sp³-hybridized carbons (Fsp3) is 0.714. The first-order valence-electron chi connectivity index (χ1n) is 6.79. The molecular formula is C14H22N2O2. The molecule has 1 aromatic rings. The summed E-state index contributed by atoms with van der Waals surface area (Å²) in [6.45, 7) is 4.94. The van der Waals surface area contributed by atoms with Gasteiger partial charge in [0.05, 0.1) is 12.1 Å². The molecule has 1 saturated carbocycles. The van der Waals surface area contributed by atoms with Crippen LogP contribution in [0.3, 0.4) is 0 Å². The number of nitrogens with zero attached hydrogens (tertiary/aromatic N) is 2. The Morgan fingerprint density at radius 1 is 1.50 bits per heavy atom. The maximum Gasteiger partial charge on any atom is 0.170 e. The summed E-state index contributed by atoms with van der Waals surface area (Å²) in [5.41, 5.74) is 1.57. The van der Waals surface area contributed by atoms with Gasteiger partial charge < -0.3 is 4.74 Å². The van der Waals surface area contributed by atoms with Crippen LogP contribution >= 0.6 is 0 Å². The molecular weight excluding hydrogens is 228 g/mol. The van der Waals surface area contributed by atoms with Gasteiger partial charge >= 0.3 is 0 Å². The third-order valence-corrected chi connectivity index (χ3v) is 3.98. The molecule has 0 saturated heterocycles. The number of ether oxygens (including phenoxy) is 1. The van der Waals surface area contributed by atoms with Crippen LogP contribution in [0, 0.1) is 0 Å². The van der Waals surface area contributed by atoms with Crippen molar-refractivity contribution in [3.05, 3.63) is 17.5 Å². The molecule has 1 aliphatic carbocycles. The van der Waals surface area contributed by atoms with Crippen LogP contribution in [0.15, 0.2) is 6.07 Å². The van der Waals surface area contributed by atoms with Crippen LogP contribution in [0.4, 0.5) is 0 Å². The second-order valence-corrected chi connectivity index (χ2v) is 4.95. The van der Waals surface area contributed by atoms with E-state index in [0.717, 1.165) is 43.6 Å². The highest BCUT2D eigenvalue weighted by molar-refractivity contribution is 5.89. The lowest BCUT2D eigenvalue weighted by molar-refractivity contribution is -0.151. The van der Waals surface area contributed by atoms with Crippen LogP contribution in [0.2, 0.25) is 0 Å². The van der Waals surface area contributed by atoms with Gasteiger partial charge in [0.1, 0.15) is 5.60 Å². The molecule has 1 fully saturated rings. The van der Waals surface area contributed by atoms with Crippen molar-refractivity contribution >= 4 is 5.78 Å². The molecule has 1 aromatic heterocycles. The predicted octanol–water partition coefficient (Wildman–Crippen LogP) is 2.15. The van der Waals surface area contributed by atoms with Crippen molar-refractivity contribution in [1.82, 2.24) is 9.78 Å². The van der Waals surface area contributed by atoms with Gasteiger partial charge in [-0.05, 0) is 38.7 Å². The summed E-state index contributed by atoms with van der Waals surface area (Å²) in [5, 5.41) is 4.48. The number of ketones is 1. The summed E-state index contributed by atoms with van der Waals surface area (Å²) < 4.78 is 7.36. The van der Waals surface area contributed by atoms with Gasteiger partial charge in [-0.15, -0.1) is 0 Å². The van der Waals surface area contributed by atoms with Gasteiger partial charge in [-0.3, -0.25) is 9.48 Å². The lowest BCUT2D eigenvalue weighted by Crippen LogP contribution is -2.48. The van der Waals surface area contributed by atoms with Crippen molar-refractivity contribution in [2.75, 3.05) is 7.11 Å². The van der Waals surface area contributed by atoms with Gasteiger partial charge in [-0.1, -0.05) is 6.92 Å². The number of carbonyl (C=O) groups excluding carboxylic acids is 1. The van der Waals surface area contributed by atoms with Gasteiger partial charge in [0.2, 0.25) is 0 Å². The van der Waals surface area contributed by atoms with E-state index in [0.29, 0.717) is 6.42 Å². The molecule has 0 spiro atoms. The average Bonchev–Trinajstić information content (AvgIpc) is 2.70. The zero-order valence-electron chi connectivity index (χ0n) is 11.5. The number of hydrogen-bond donors (Lipinski definition) is 0. The van der Waals surface area contributed by atoms with Crippen LogP contribution in [-0.2, 0) is 28.9 Å². The topological polar surface area (TPSA) is 44.1 Å². The SMILES string of the molecule is CCc1cc(CC(=O)C2(OC)CCC2)n(CC)n1. The molecule has 0 aliphatic heterocycles. The van der Waals surface area contributed by atoms with Gasteiger partial charge in [0.25, 0.3) is 0 Å². The standard InChI is InChI=1S/C14H22N2O2/c1-4-11-9-12(16(5-2)15-11)10-13(17)14(18-3)7-6-8-14/h9H,4-8,10H2,1-3H3. The van der Waals surface area contributed by atoms with E-state index >= 15 is 0 Å². The van der Waals surface area contributed by atoms with E-state index in [2.05, 4.69) is 18.9 Å². The Morgan fingerprint density at radius 2 is 2.22 bits per heavy atom. The largest absolute Gasteiger partial charge is 0.370 e. The molecule has 100 valence electrons. The molecule has 0 radical (unpaired) electrons. The van der Waals surface area contributed by atoms with E-state index in [1.54, 1.807) is 7.11 Å². The first-order chi connectivity index (χ1) is 8.65. The van der Waals surface area contributed by atoms with E-state index in [-0.39, 0.29) is 5.78 Å². The number of hydrogen-bond acceptors (Lipinski definition) is 3. The zero-order valence-corrected chi connectivity index (χ0v) is 11.5. The van der Waals surface area contributed by atoms with Crippen LogP contribution < -0.4 is 0 Å². The molecule has 1 heterocycles. The monoisotopic (exact) mass is 250 g/mol. The Labute approximate surface area is 108 Å². The first-order valence-corrected chi connectivity index (χ1v) is 6.79. The minimum absolute atomic E-state index is 0.202. The number of Topliss-reactive ketones (excluding diaryl/α,β-unsaturated/α-hetero) is 1. The average molecular weight is 250 g/mol. The Morgan fingerprint density at radius 3 is 2.67 bits per heavy atom. The number of aromatic nitrogens is 2. The molecule has 0 bridgehead atoms. The summed E-state index contributed by atoms with van der Waals surface area (Å²) in [6, 6.07) is 2.05. The highest BCUT2D eigenvalue weighted by atomic mass is 16.5. The summed E-state index contributed by atoms with van der Waals surface area (Å²) in [4.78, 5) is 12.3. The van der Waals surface area contributed by atoms with Crippen LogP contribution in [0.5, 0.6) is 0 Å². The molecule has 1 aliphatic rings. The summed E-state index contributed by atoms with van der Waals surface area (Å²) >= 11 is 0. The molecule has 0 amide bonds.